The second-order valence-corrected chi connectivity index (χ2v) is 3.97. The van der Waals surface area contributed by atoms with Crippen LogP contribution in [0.4, 0.5) is 0 Å². The summed E-state index contributed by atoms with van der Waals surface area (Å²) < 4.78 is 0. The minimum Gasteiger partial charge on any atom is -0.324 e. The molecule has 0 aromatic carbocycles. The quantitative estimate of drug-likeness (QED) is 0.549. The van der Waals surface area contributed by atoms with Gasteiger partial charge >= 0.3 is 0 Å². The molecule has 0 heterocycles. The van der Waals surface area contributed by atoms with Gasteiger partial charge in [0.15, 0.2) is 0 Å². The molecule has 0 bridgehead atoms. The predicted octanol–water partition coefficient (Wildman–Crippen LogP) is 3.05. The molecule has 0 fully saturated rings. The summed E-state index contributed by atoms with van der Waals surface area (Å²) in [4.78, 5) is 10.9. The van der Waals surface area contributed by atoms with Gasteiger partial charge in [-0.2, -0.15) is 0 Å². The summed E-state index contributed by atoms with van der Waals surface area (Å²) in [6.07, 6.45) is 10.9. The number of hydrogen-bond acceptors (Lipinski definition) is 2. The minimum atomic E-state index is 0.205. The zero-order chi connectivity index (χ0) is 10.6. The molecule has 0 rings (SSSR count). The van der Waals surface area contributed by atoms with E-state index in [4.69, 9.17) is 5.73 Å². The van der Waals surface area contributed by atoms with Gasteiger partial charge in [0, 0.05) is 6.42 Å². The summed E-state index contributed by atoms with van der Waals surface area (Å²) in [6, 6.07) is 0. The first-order valence-corrected chi connectivity index (χ1v) is 6.03. The Balaban J connectivity index is 2.95. The van der Waals surface area contributed by atoms with E-state index in [9.17, 15) is 4.79 Å². The maximum atomic E-state index is 10.9. The summed E-state index contributed by atoms with van der Waals surface area (Å²) in [7, 11) is 0. The molecule has 2 N–H and O–H groups in total. The highest BCUT2D eigenvalue weighted by Crippen LogP contribution is 2.09. The van der Waals surface area contributed by atoms with Gasteiger partial charge in [0.05, 0.1) is 6.54 Å². The highest BCUT2D eigenvalue weighted by atomic mass is 16.1. The van der Waals surface area contributed by atoms with Crippen LogP contribution in [0, 0.1) is 0 Å². The third-order valence-corrected chi connectivity index (χ3v) is 2.54. The van der Waals surface area contributed by atoms with Gasteiger partial charge in [-0.3, -0.25) is 4.79 Å². The monoisotopic (exact) mass is 199 g/mol. The second kappa shape index (κ2) is 10.7. The standard InChI is InChI=1S/C12H25NO/c1-2-3-4-5-6-7-8-9-10-12(14)11-13/h2-11,13H2,1H3. The lowest BCUT2D eigenvalue weighted by Crippen LogP contribution is -2.12. The van der Waals surface area contributed by atoms with Crippen molar-refractivity contribution in [2.75, 3.05) is 6.54 Å². The van der Waals surface area contributed by atoms with Crippen molar-refractivity contribution >= 4 is 5.78 Å². The molecule has 0 radical (unpaired) electrons. The largest absolute Gasteiger partial charge is 0.324 e. The Bertz CT molecular complexity index is 134. The molecule has 2 nitrogen and oxygen atoms in total. The lowest BCUT2D eigenvalue weighted by Gasteiger charge is -2.00. The van der Waals surface area contributed by atoms with Gasteiger partial charge < -0.3 is 5.73 Å². The van der Waals surface area contributed by atoms with E-state index in [1.54, 1.807) is 0 Å². The van der Waals surface area contributed by atoms with Gasteiger partial charge in [-0.25, -0.2) is 0 Å². The fourth-order valence-electron chi connectivity index (χ4n) is 1.56. The Morgan fingerprint density at radius 1 is 0.929 bits per heavy atom. The van der Waals surface area contributed by atoms with Crippen molar-refractivity contribution in [1.82, 2.24) is 0 Å². The van der Waals surface area contributed by atoms with E-state index < -0.39 is 0 Å². The van der Waals surface area contributed by atoms with Crippen molar-refractivity contribution in [3.63, 3.8) is 0 Å². The van der Waals surface area contributed by atoms with Crippen molar-refractivity contribution in [1.29, 1.82) is 0 Å². The van der Waals surface area contributed by atoms with Crippen molar-refractivity contribution < 1.29 is 4.79 Å². The van der Waals surface area contributed by atoms with E-state index in [1.165, 1.54) is 44.9 Å². The van der Waals surface area contributed by atoms with Crippen LogP contribution in [0.3, 0.4) is 0 Å². The topological polar surface area (TPSA) is 43.1 Å². The Morgan fingerprint density at radius 3 is 1.93 bits per heavy atom. The molecule has 2 heteroatoms. The van der Waals surface area contributed by atoms with Crippen molar-refractivity contribution in [2.45, 2.75) is 64.7 Å². The minimum absolute atomic E-state index is 0.205. The van der Waals surface area contributed by atoms with Crippen molar-refractivity contribution in [3.8, 4) is 0 Å². The molecule has 0 amide bonds. The lowest BCUT2D eigenvalue weighted by atomic mass is 10.1. The van der Waals surface area contributed by atoms with Crippen LogP contribution in [0.1, 0.15) is 64.7 Å². The predicted molar refractivity (Wildman–Crippen MR) is 61.3 cm³/mol. The first kappa shape index (κ1) is 13.6. The van der Waals surface area contributed by atoms with Crippen LogP contribution in [-0.2, 0) is 4.79 Å². The van der Waals surface area contributed by atoms with Crippen LogP contribution in [-0.4, -0.2) is 12.3 Å². The third-order valence-electron chi connectivity index (χ3n) is 2.54. The fourth-order valence-corrected chi connectivity index (χ4v) is 1.56. The average Bonchev–Trinajstić information content (AvgIpc) is 2.21. The number of hydrogen-bond donors (Lipinski definition) is 1. The molecule has 0 saturated carbocycles. The summed E-state index contributed by atoms with van der Waals surface area (Å²) in [5, 5.41) is 0. The number of Topliss-reactive ketones (excluding diaryl/α,β-unsaturated/α-hetero) is 1. The van der Waals surface area contributed by atoms with Gasteiger partial charge in [-0.05, 0) is 6.42 Å². The van der Waals surface area contributed by atoms with Crippen LogP contribution in [0.2, 0.25) is 0 Å². The molecular formula is C12H25NO. The molecule has 0 aliphatic heterocycles. The SMILES string of the molecule is CCCCCCCCCCC(=O)CN. The van der Waals surface area contributed by atoms with E-state index in [0.29, 0.717) is 6.42 Å². The average molecular weight is 199 g/mol. The Morgan fingerprint density at radius 2 is 1.43 bits per heavy atom. The molecule has 0 unspecified atom stereocenters. The van der Waals surface area contributed by atoms with Crippen LogP contribution >= 0.6 is 0 Å². The summed E-state index contributed by atoms with van der Waals surface area (Å²) in [5.41, 5.74) is 5.22. The Labute approximate surface area is 88.3 Å². The number of rotatable bonds is 10. The third kappa shape index (κ3) is 9.72. The Hall–Kier alpha value is -0.370. The van der Waals surface area contributed by atoms with Crippen molar-refractivity contribution in [3.05, 3.63) is 0 Å². The van der Waals surface area contributed by atoms with Gasteiger partial charge in [0.25, 0.3) is 0 Å². The zero-order valence-corrected chi connectivity index (χ0v) is 9.56. The summed E-state index contributed by atoms with van der Waals surface area (Å²) in [6.45, 7) is 2.45. The van der Waals surface area contributed by atoms with Crippen LogP contribution < -0.4 is 5.73 Å². The van der Waals surface area contributed by atoms with E-state index >= 15 is 0 Å². The molecular weight excluding hydrogens is 174 g/mol. The Kier molecular flexibility index (Phi) is 10.4. The number of carbonyl (C=O) groups is 1. The first-order valence-electron chi connectivity index (χ1n) is 6.03. The maximum Gasteiger partial charge on any atom is 0.146 e. The van der Waals surface area contributed by atoms with Crippen LogP contribution in [0.5, 0.6) is 0 Å². The number of unbranched alkanes of at least 4 members (excludes halogenated alkanes) is 7. The number of nitrogens with two attached hydrogens (primary N) is 1. The van der Waals surface area contributed by atoms with Gasteiger partial charge in [0.2, 0.25) is 0 Å². The molecule has 14 heavy (non-hydrogen) atoms. The molecule has 0 saturated heterocycles. The van der Waals surface area contributed by atoms with Crippen LogP contribution in [0.15, 0.2) is 0 Å². The van der Waals surface area contributed by atoms with E-state index in [-0.39, 0.29) is 12.3 Å². The molecule has 0 aliphatic rings. The number of carbonyl (C=O) groups excluding carboxylic acids is 1. The van der Waals surface area contributed by atoms with Gasteiger partial charge in [0.1, 0.15) is 5.78 Å². The molecule has 0 aromatic heterocycles. The van der Waals surface area contributed by atoms with Gasteiger partial charge in [-0.15, -0.1) is 0 Å². The second-order valence-electron chi connectivity index (χ2n) is 3.97. The maximum absolute atomic E-state index is 10.9. The molecule has 0 aromatic rings. The lowest BCUT2D eigenvalue weighted by molar-refractivity contribution is -0.117. The zero-order valence-electron chi connectivity index (χ0n) is 9.56. The van der Waals surface area contributed by atoms with Crippen molar-refractivity contribution in [2.24, 2.45) is 5.73 Å². The molecule has 0 spiro atoms. The molecule has 0 aliphatic carbocycles. The normalized spacial score (nSPS) is 10.4. The fraction of sp³-hybridized carbons (Fsp3) is 0.917. The first-order chi connectivity index (χ1) is 6.81. The smallest absolute Gasteiger partial charge is 0.146 e. The van der Waals surface area contributed by atoms with Gasteiger partial charge in [-0.1, -0.05) is 51.9 Å². The highest BCUT2D eigenvalue weighted by molar-refractivity contribution is 5.80. The summed E-state index contributed by atoms with van der Waals surface area (Å²) >= 11 is 0. The molecule has 84 valence electrons. The van der Waals surface area contributed by atoms with Crippen LogP contribution in [0.25, 0.3) is 0 Å². The molecule has 0 atom stereocenters. The van der Waals surface area contributed by atoms with E-state index in [1.807, 2.05) is 0 Å². The highest BCUT2D eigenvalue weighted by Gasteiger charge is 1.97. The summed E-state index contributed by atoms with van der Waals surface area (Å²) in [5.74, 6) is 0.205. The van der Waals surface area contributed by atoms with E-state index in [0.717, 1.165) is 6.42 Å². The van der Waals surface area contributed by atoms with E-state index in [2.05, 4.69) is 6.92 Å². The number of ketones is 1.